The molecule has 7 nitrogen and oxygen atoms in total. The summed E-state index contributed by atoms with van der Waals surface area (Å²) in [7, 11) is 0. The lowest BCUT2D eigenvalue weighted by Crippen LogP contribution is -2.40. The molecule has 1 aliphatic heterocycles. The van der Waals surface area contributed by atoms with Crippen LogP contribution in [-0.4, -0.2) is 27.8 Å². The van der Waals surface area contributed by atoms with E-state index in [9.17, 15) is 9.59 Å². The molecule has 0 amide bonds. The van der Waals surface area contributed by atoms with Crippen LogP contribution in [0.3, 0.4) is 0 Å². The van der Waals surface area contributed by atoms with Gasteiger partial charge in [-0.2, -0.15) is 0 Å². The number of ether oxygens (including phenoxy) is 2. The van der Waals surface area contributed by atoms with E-state index < -0.39 is 12.0 Å². The minimum atomic E-state index is -0.744. The molecule has 0 N–H and O–H groups in total. The molecular formula is C35H33N3O4S. The molecule has 2 aromatic heterocycles. The first kappa shape index (κ1) is 28.4. The van der Waals surface area contributed by atoms with E-state index in [2.05, 4.69) is 35.0 Å². The van der Waals surface area contributed by atoms with Gasteiger partial charge in [0, 0.05) is 34.8 Å². The van der Waals surface area contributed by atoms with Crippen LogP contribution in [0.15, 0.2) is 106 Å². The van der Waals surface area contributed by atoms with E-state index >= 15 is 0 Å². The van der Waals surface area contributed by atoms with Gasteiger partial charge in [-0.05, 0) is 51.5 Å². The van der Waals surface area contributed by atoms with Crippen molar-refractivity contribution in [1.82, 2.24) is 9.13 Å². The van der Waals surface area contributed by atoms with Crippen molar-refractivity contribution in [1.29, 1.82) is 0 Å². The van der Waals surface area contributed by atoms with Crippen molar-refractivity contribution in [3.05, 3.63) is 133 Å². The molecule has 218 valence electrons. The van der Waals surface area contributed by atoms with Crippen LogP contribution in [0.2, 0.25) is 0 Å². The predicted octanol–water partition coefficient (Wildman–Crippen LogP) is 5.59. The third kappa shape index (κ3) is 5.46. The summed E-state index contributed by atoms with van der Waals surface area (Å²) in [5.74, 6) is 0.115. The lowest BCUT2D eigenvalue weighted by Gasteiger charge is -2.26. The number of carbonyl (C=O) groups is 1. The first-order valence-corrected chi connectivity index (χ1v) is 15.2. The van der Waals surface area contributed by atoms with Gasteiger partial charge >= 0.3 is 5.97 Å². The number of allylic oxidation sites excluding steroid dienone is 1. The van der Waals surface area contributed by atoms with E-state index in [4.69, 9.17) is 14.5 Å². The van der Waals surface area contributed by atoms with Gasteiger partial charge in [0.05, 0.1) is 28.5 Å². The second kappa shape index (κ2) is 11.9. The Morgan fingerprint density at radius 2 is 1.74 bits per heavy atom. The van der Waals surface area contributed by atoms with Gasteiger partial charge in [-0.25, -0.2) is 9.79 Å². The number of esters is 1. The molecule has 0 radical (unpaired) electrons. The Bertz CT molecular complexity index is 2030. The molecule has 0 bridgehead atoms. The maximum Gasteiger partial charge on any atom is 0.338 e. The zero-order chi connectivity index (χ0) is 30.1. The lowest BCUT2D eigenvalue weighted by atomic mass is 9.95. The number of nitrogens with zero attached hydrogens (tertiary/aromatic N) is 3. The Balaban J connectivity index is 1.54. The highest BCUT2D eigenvalue weighted by Gasteiger charge is 2.35. The van der Waals surface area contributed by atoms with Crippen molar-refractivity contribution in [2.75, 3.05) is 6.61 Å². The van der Waals surface area contributed by atoms with Crippen molar-refractivity contribution >= 4 is 34.3 Å². The van der Waals surface area contributed by atoms with Crippen molar-refractivity contribution in [2.24, 2.45) is 4.99 Å². The quantitative estimate of drug-likeness (QED) is 0.221. The standard InChI is InChI=1S/C35H33N3O4S/c1-5-41-34(40)31-23(4)36-35-38(32(31)27-16-10-12-18-29(27)42-22(2)3)33(39)30(43-35)19-25-21-37(20-24-13-7-6-8-14-24)28-17-11-9-15-26(25)28/h6-19,21-22,32H,5,20H2,1-4H3. The monoisotopic (exact) mass is 591 g/mol. The summed E-state index contributed by atoms with van der Waals surface area (Å²) in [6, 6.07) is 25.3. The molecule has 5 aromatic rings. The highest BCUT2D eigenvalue weighted by Crippen LogP contribution is 2.36. The number of fused-ring (bicyclic) bond motifs is 2. The fourth-order valence-corrected chi connectivity index (χ4v) is 6.63. The summed E-state index contributed by atoms with van der Waals surface area (Å²) < 4.78 is 16.0. The van der Waals surface area contributed by atoms with Gasteiger partial charge in [0.25, 0.3) is 5.56 Å². The number of thiazole rings is 1. The van der Waals surface area contributed by atoms with E-state index in [0.717, 1.165) is 16.5 Å². The summed E-state index contributed by atoms with van der Waals surface area (Å²) in [4.78, 5) is 32.9. The van der Waals surface area contributed by atoms with Crippen LogP contribution in [0.5, 0.6) is 5.75 Å². The van der Waals surface area contributed by atoms with Crippen LogP contribution < -0.4 is 19.6 Å². The summed E-state index contributed by atoms with van der Waals surface area (Å²) in [5.41, 5.74) is 4.57. The third-order valence-corrected chi connectivity index (χ3v) is 8.38. The SMILES string of the molecule is CCOC(=O)C1=C(C)N=c2sc(=Cc3cn(Cc4ccccc4)c4ccccc34)c(=O)n2C1c1ccccc1OC(C)C. The maximum atomic E-state index is 14.3. The zero-order valence-corrected chi connectivity index (χ0v) is 25.4. The number of aromatic nitrogens is 2. The Morgan fingerprint density at radius 3 is 2.51 bits per heavy atom. The fraction of sp³-hybridized carbons (Fsp3) is 0.229. The van der Waals surface area contributed by atoms with Crippen molar-refractivity contribution < 1.29 is 14.3 Å². The van der Waals surface area contributed by atoms with Gasteiger partial charge in [0.15, 0.2) is 4.80 Å². The summed E-state index contributed by atoms with van der Waals surface area (Å²) >= 11 is 1.32. The van der Waals surface area contributed by atoms with E-state index in [1.54, 1.807) is 18.4 Å². The normalized spacial score (nSPS) is 15.1. The Labute approximate surface area is 253 Å². The van der Waals surface area contributed by atoms with Gasteiger partial charge in [0.1, 0.15) is 11.8 Å². The second-order valence-electron chi connectivity index (χ2n) is 10.7. The molecule has 1 aliphatic rings. The van der Waals surface area contributed by atoms with Crippen molar-refractivity contribution in [3.63, 3.8) is 0 Å². The molecule has 0 fully saturated rings. The van der Waals surface area contributed by atoms with Crippen LogP contribution in [0.1, 0.15) is 50.4 Å². The summed E-state index contributed by atoms with van der Waals surface area (Å²) in [6.07, 6.45) is 3.93. The first-order chi connectivity index (χ1) is 20.9. The maximum absolute atomic E-state index is 14.3. The number of rotatable bonds is 8. The molecule has 3 heterocycles. The third-order valence-electron chi connectivity index (χ3n) is 7.40. The van der Waals surface area contributed by atoms with E-state index in [1.807, 2.05) is 74.5 Å². The summed E-state index contributed by atoms with van der Waals surface area (Å²) in [6.45, 7) is 8.38. The van der Waals surface area contributed by atoms with E-state index in [1.165, 1.54) is 16.9 Å². The molecule has 0 saturated carbocycles. The van der Waals surface area contributed by atoms with Gasteiger partial charge in [-0.15, -0.1) is 0 Å². The van der Waals surface area contributed by atoms with E-state index in [-0.39, 0.29) is 18.3 Å². The average Bonchev–Trinajstić information content (AvgIpc) is 3.49. The molecule has 0 aliphatic carbocycles. The van der Waals surface area contributed by atoms with Crippen molar-refractivity contribution in [3.8, 4) is 5.75 Å². The summed E-state index contributed by atoms with van der Waals surface area (Å²) in [5, 5.41) is 1.06. The Kier molecular flexibility index (Phi) is 7.86. The smallest absolute Gasteiger partial charge is 0.338 e. The molecule has 3 aromatic carbocycles. The number of hydrogen-bond donors (Lipinski definition) is 0. The molecule has 0 saturated heterocycles. The lowest BCUT2D eigenvalue weighted by molar-refractivity contribution is -0.139. The fourth-order valence-electron chi connectivity index (χ4n) is 5.60. The number of carbonyl (C=O) groups excluding carboxylic acids is 1. The van der Waals surface area contributed by atoms with Crippen molar-refractivity contribution in [2.45, 2.75) is 46.4 Å². The number of benzene rings is 3. The van der Waals surface area contributed by atoms with E-state index in [0.29, 0.717) is 38.5 Å². The number of hydrogen-bond acceptors (Lipinski definition) is 6. The highest BCUT2D eigenvalue weighted by molar-refractivity contribution is 7.07. The van der Waals surface area contributed by atoms with Gasteiger partial charge in [0.2, 0.25) is 0 Å². The van der Waals surface area contributed by atoms with Crippen LogP contribution >= 0.6 is 11.3 Å². The van der Waals surface area contributed by atoms with Crippen LogP contribution in [-0.2, 0) is 16.1 Å². The molecular weight excluding hydrogens is 558 g/mol. The van der Waals surface area contributed by atoms with Gasteiger partial charge in [-0.1, -0.05) is 78.1 Å². The predicted molar refractivity (Wildman–Crippen MR) is 170 cm³/mol. The van der Waals surface area contributed by atoms with Gasteiger partial charge in [-0.3, -0.25) is 9.36 Å². The molecule has 6 rings (SSSR count). The molecule has 43 heavy (non-hydrogen) atoms. The van der Waals surface area contributed by atoms with Crippen LogP contribution in [0.25, 0.3) is 17.0 Å². The Morgan fingerprint density at radius 1 is 1.02 bits per heavy atom. The molecule has 1 atom stereocenters. The highest BCUT2D eigenvalue weighted by atomic mass is 32.1. The first-order valence-electron chi connectivity index (χ1n) is 14.4. The topological polar surface area (TPSA) is 74.8 Å². The molecule has 8 heteroatoms. The number of para-hydroxylation sites is 2. The average molecular weight is 592 g/mol. The zero-order valence-electron chi connectivity index (χ0n) is 24.6. The molecule has 0 spiro atoms. The van der Waals surface area contributed by atoms with Crippen LogP contribution in [0.4, 0.5) is 0 Å². The second-order valence-corrected chi connectivity index (χ2v) is 11.7. The minimum Gasteiger partial charge on any atom is -0.491 e. The molecule has 1 unspecified atom stereocenters. The largest absolute Gasteiger partial charge is 0.491 e. The Hall–Kier alpha value is -4.69. The van der Waals surface area contributed by atoms with Crippen LogP contribution in [0, 0.1) is 0 Å². The minimum absolute atomic E-state index is 0.0960. The van der Waals surface area contributed by atoms with Gasteiger partial charge < -0.3 is 14.0 Å².